The van der Waals surface area contributed by atoms with Crippen molar-refractivity contribution in [2.24, 2.45) is 0 Å². The first-order valence-electron chi connectivity index (χ1n) is 16.1. The quantitative estimate of drug-likeness (QED) is 0.117. The topological polar surface area (TPSA) is 107 Å². The predicted octanol–water partition coefficient (Wildman–Crippen LogP) is 8.50. The second kappa shape index (κ2) is 24.3. The van der Waals surface area contributed by atoms with E-state index >= 15 is 0 Å². The molecule has 0 bridgehead atoms. The Bertz CT molecular complexity index is 865. The standard InChI is InChI=1S/C32H57N3O6S/c1-6-7-8-9-10-11-12-13-14-15-16-17-18-19-20-21-22-33-31(37)40-23-29(39-5)24-41-32(38)35(28(4)36)27(3)30-26(2)34-25-42-30/h25,27,29H,6-24H2,1-5H3,(H,33,37). The first kappa shape index (κ1) is 37.8. The van der Waals surface area contributed by atoms with Crippen molar-refractivity contribution in [2.75, 3.05) is 26.9 Å². The highest BCUT2D eigenvalue weighted by molar-refractivity contribution is 7.09. The zero-order valence-corrected chi connectivity index (χ0v) is 27.7. The van der Waals surface area contributed by atoms with Crippen LogP contribution in [0.15, 0.2) is 5.51 Å². The lowest BCUT2D eigenvalue weighted by Gasteiger charge is -2.26. The van der Waals surface area contributed by atoms with E-state index in [1.807, 2.05) is 6.92 Å². The maximum atomic E-state index is 12.7. The van der Waals surface area contributed by atoms with Gasteiger partial charge in [0.1, 0.15) is 19.3 Å². The number of methoxy groups -OCH3 is 1. The molecule has 9 nitrogen and oxygen atoms in total. The summed E-state index contributed by atoms with van der Waals surface area (Å²) in [6.45, 7) is 7.50. The Morgan fingerprint density at radius 3 is 1.81 bits per heavy atom. The molecule has 1 heterocycles. The third-order valence-electron chi connectivity index (χ3n) is 7.51. The minimum Gasteiger partial charge on any atom is -0.447 e. The lowest BCUT2D eigenvalue weighted by atomic mass is 10.0. The number of nitrogens with one attached hydrogen (secondary N) is 1. The molecule has 0 aromatic carbocycles. The average Bonchev–Trinajstić information content (AvgIpc) is 3.40. The van der Waals surface area contributed by atoms with Gasteiger partial charge in [-0.25, -0.2) is 19.5 Å². The van der Waals surface area contributed by atoms with Gasteiger partial charge in [-0.1, -0.05) is 103 Å². The van der Waals surface area contributed by atoms with Crippen LogP contribution in [0.2, 0.25) is 0 Å². The van der Waals surface area contributed by atoms with Crippen LogP contribution in [0.3, 0.4) is 0 Å². The molecule has 1 N–H and O–H groups in total. The van der Waals surface area contributed by atoms with E-state index in [4.69, 9.17) is 14.2 Å². The van der Waals surface area contributed by atoms with Crippen LogP contribution in [0.5, 0.6) is 0 Å². The molecule has 242 valence electrons. The fourth-order valence-corrected chi connectivity index (χ4v) is 5.74. The molecule has 0 saturated heterocycles. The van der Waals surface area contributed by atoms with Gasteiger partial charge in [-0.15, -0.1) is 11.3 Å². The van der Waals surface area contributed by atoms with Gasteiger partial charge in [-0.2, -0.15) is 0 Å². The monoisotopic (exact) mass is 611 g/mol. The van der Waals surface area contributed by atoms with Gasteiger partial charge in [-0.05, 0) is 20.3 Å². The van der Waals surface area contributed by atoms with Gasteiger partial charge in [0, 0.05) is 20.6 Å². The molecule has 0 aliphatic carbocycles. The summed E-state index contributed by atoms with van der Waals surface area (Å²) in [5.41, 5.74) is 2.44. The van der Waals surface area contributed by atoms with Crippen LogP contribution in [0, 0.1) is 6.92 Å². The summed E-state index contributed by atoms with van der Waals surface area (Å²) in [7, 11) is 1.45. The molecule has 0 aliphatic heterocycles. The molecule has 0 fully saturated rings. The highest BCUT2D eigenvalue weighted by Crippen LogP contribution is 2.27. The third kappa shape index (κ3) is 17.0. The van der Waals surface area contributed by atoms with Crippen molar-refractivity contribution >= 4 is 29.4 Å². The van der Waals surface area contributed by atoms with Crippen molar-refractivity contribution < 1.29 is 28.6 Å². The fourth-order valence-electron chi connectivity index (χ4n) is 4.89. The van der Waals surface area contributed by atoms with Gasteiger partial charge < -0.3 is 19.5 Å². The van der Waals surface area contributed by atoms with Crippen molar-refractivity contribution in [1.29, 1.82) is 0 Å². The Balaban J connectivity index is 2.07. The molecule has 2 unspecified atom stereocenters. The highest BCUT2D eigenvalue weighted by Gasteiger charge is 2.29. The molecule has 0 spiro atoms. The smallest absolute Gasteiger partial charge is 0.417 e. The zero-order chi connectivity index (χ0) is 31.0. The number of carbonyl (C=O) groups is 3. The van der Waals surface area contributed by atoms with Crippen molar-refractivity contribution in [3.63, 3.8) is 0 Å². The van der Waals surface area contributed by atoms with E-state index in [1.165, 1.54) is 115 Å². The van der Waals surface area contributed by atoms with Crippen molar-refractivity contribution in [2.45, 2.75) is 143 Å². The summed E-state index contributed by atoms with van der Waals surface area (Å²) < 4.78 is 15.8. The summed E-state index contributed by atoms with van der Waals surface area (Å²) in [6, 6.07) is -0.505. The molecule has 3 amide bonds. The van der Waals surface area contributed by atoms with Crippen LogP contribution < -0.4 is 5.32 Å². The SMILES string of the molecule is CCCCCCCCCCCCCCCCCCNC(=O)OCC(COC(=O)N(C(C)=O)C(C)c1scnc1C)OC. The predicted molar refractivity (Wildman–Crippen MR) is 169 cm³/mol. The average molecular weight is 612 g/mol. The number of hydrogen-bond donors (Lipinski definition) is 1. The second-order valence-electron chi connectivity index (χ2n) is 11.1. The maximum Gasteiger partial charge on any atom is 0.417 e. The van der Waals surface area contributed by atoms with Crippen molar-refractivity contribution in [1.82, 2.24) is 15.2 Å². The Labute approximate surface area is 258 Å². The van der Waals surface area contributed by atoms with Crippen LogP contribution in [-0.4, -0.2) is 60.9 Å². The summed E-state index contributed by atoms with van der Waals surface area (Å²) in [5, 5.41) is 2.76. The number of unbranched alkanes of at least 4 members (excludes halogenated alkanes) is 15. The van der Waals surface area contributed by atoms with E-state index in [0.717, 1.165) is 28.3 Å². The van der Waals surface area contributed by atoms with Crippen LogP contribution in [-0.2, 0) is 19.0 Å². The van der Waals surface area contributed by atoms with Gasteiger partial charge >= 0.3 is 12.2 Å². The number of imide groups is 1. The molecule has 1 rings (SSSR count). The number of aromatic nitrogens is 1. The number of ether oxygens (including phenoxy) is 3. The first-order valence-corrected chi connectivity index (χ1v) is 17.0. The number of nitrogens with zero attached hydrogens (tertiary/aromatic N) is 2. The molecular formula is C32H57N3O6S. The van der Waals surface area contributed by atoms with E-state index in [9.17, 15) is 14.4 Å². The number of carbonyl (C=O) groups excluding carboxylic acids is 3. The van der Waals surface area contributed by atoms with Crippen LogP contribution in [0.25, 0.3) is 0 Å². The Morgan fingerprint density at radius 2 is 1.36 bits per heavy atom. The number of amides is 3. The molecule has 42 heavy (non-hydrogen) atoms. The van der Waals surface area contributed by atoms with E-state index < -0.39 is 30.2 Å². The third-order valence-corrected chi connectivity index (χ3v) is 8.61. The lowest BCUT2D eigenvalue weighted by Crippen LogP contribution is -2.40. The van der Waals surface area contributed by atoms with E-state index in [-0.39, 0.29) is 13.2 Å². The Hall–Kier alpha value is -2.20. The molecule has 10 heteroatoms. The van der Waals surface area contributed by atoms with Gasteiger partial charge in [0.15, 0.2) is 0 Å². The number of rotatable bonds is 24. The molecule has 1 aromatic rings. The largest absolute Gasteiger partial charge is 0.447 e. The summed E-state index contributed by atoms with van der Waals surface area (Å²) >= 11 is 1.38. The van der Waals surface area contributed by atoms with Crippen LogP contribution >= 0.6 is 11.3 Å². The minimum atomic E-state index is -0.780. The Kier molecular flexibility index (Phi) is 21.9. The number of aryl methyl sites for hydroxylation is 1. The second-order valence-corrected chi connectivity index (χ2v) is 12.0. The maximum absolute atomic E-state index is 12.7. The zero-order valence-electron chi connectivity index (χ0n) is 26.9. The lowest BCUT2D eigenvalue weighted by molar-refractivity contribution is -0.129. The molecule has 1 aromatic heterocycles. The van der Waals surface area contributed by atoms with E-state index in [2.05, 4.69) is 17.2 Å². The van der Waals surface area contributed by atoms with E-state index in [1.54, 1.807) is 12.4 Å². The normalized spacial score (nSPS) is 12.5. The first-order chi connectivity index (χ1) is 20.3. The summed E-state index contributed by atoms with van der Waals surface area (Å²) in [4.78, 5) is 42.9. The molecule has 0 aliphatic rings. The summed E-state index contributed by atoms with van der Waals surface area (Å²) in [6.07, 6.45) is 19.0. The highest BCUT2D eigenvalue weighted by atomic mass is 32.1. The van der Waals surface area contributed by atoms with Gasteiger partial charge in [0.25, 0.3) is 0 Å². The van der Waals surface area contributed by atoms with Gasteiger partial charge in [0.05, 0.1) is 22.1 Å². The fraction of sp³-hybridized carbons (Fsp3) is 0.812. The number of alkyl carbamates (subject to hydrolysis) is 1. The van der Waals surface area contributed by atoms with Crippen molar-refractivity contribution in [3.05, 3.63) is 16.1 Å². The molecule has 0 saturated carbocycles. The molecule has 2 atom stereocenters. The van der Waals surface area contributed by atoms with E-state index in [0.29, 0.717) is 6.54 Å². The number of thiazole rings is 1. The molecule has 0 radical (unpaired) electrons. The van der Waals surface area contributed by atoms with Crippen LogP contribution in [0.1, 0.15) is 140 Å². The summed E-state index contributed by atoms with van der Waals surface area (Å²) in [5.74, 6) is -0.432. The van der Waals surface area contributed by atoms with Gasteiger partial charge in [-0.3, -0.25) is 4.79 Å². The van der Waals surface area contributed by atoms with Gasteiger partial charge in [0.2, 0.25) is 5.91 Å². The van der Waals surface area contributed by atoms with Crippen LogP contribution in [0.4, 0.5) is 9.59 Å². The molecular weight excluding hydrogens is 554 g/mol. The van der Waals surface area contributed by atoms with Crippen molar-refractivity contribution in [3.8, 4) is 0 Å². The Morgan fingerprint density at radius 1 is 0.857 bits per heavy atom. The minimum absolute atomic E-state index is 0.0713. The number of hydrogen-bond acceptors (Lipinski definition) is 8.